The molecule has 3 aromatic rings. The van der Waals surface area contributed by atoms with Crippen LogP contribution in [-0.2, 0) is 14.8 Å². The van der Waals surface area contributed by atoms with Crippen molar-refractivity contribution in [1.82, 2.24) is 5.32 Å². The Morgan fingerprint density at radius 1 is 0.968 bits per heavy atom. The fraction of sp³-hybridized carbons (Fsp3) is 0.208. The van der Waals surface area contributed by atoms with Gasteiger partial charge in [-0.1, -0.05) is 66.2 Å². The lowest BCUT2D eigenvalue weighted by atomic mass is 9.97. The molecule has 0 radical (unpaired) electrons. The van der Waals surface area contributed by atoms with Gasteiger partial charge in [0.05, 0.1) is 25.1 Å². The Kier molecular flexibility index (Phi) is 6.97. The maximum atomic E-state index is 13.0. The van der Waals surface area contributed by atoms with E-state index in [-0.39, 0.29) is 6.54 Å². The normalized spacial score (nSPS) is 12.1. The molecule has 0 spiro atoms. The smallest absolute Gasteiger partial charge is 0.241 e. The number of hydrogen-bond donors (Lipinski definition) is 1. The number of aryl methyl sites for hydroxylation is 1. The highest BCUT2D eigenvalue weighted by atomic mass is 32.2. The highest BCUT2D eigenvalue weighted by molar-refractivity contribution is 7.92. The second-order valence-corrected chi connectivity index (χ2v) is 9.20. The summed E-state index contributed by atoms with van der Waals surface area (Å²) < 4.78 is 31.1. The second-order valence-electron chi connectivity index (χ2n) is 7.30. The molecule has 1 N–H and O–H groups in total. The molecule has 1 unspecified atom stereocenters. The fourth-order valence-electron chi connectivity index (χ4n) is 3.36. The Morgan fingerprint density at radius 2 is 1.65 bits per heavy atom. The third-order valence-corrected chi connectivity index (χ3v) is 5.98. The predicted molar refractivity (Wildman–Crippen MR) is 123 cm³/mol. The number of methoxy groups -OCH3 is 1. The zero-order chi connectivity index (χ0) is 22.4. The van der Waals surface area contributed by atoms with Gasteiger partial charge in [0.1, 0.15) is 12.3 Å². The minimum atomic E-state index is -3.69. The molecule has 0 heterocycles. The Morgan fingerprint density at radius 3 is 2.29 bits per heavy atom. The van der Waals surface area contributed by atoms with Gasteiger partial charge < -0.3 is 10.1 Å². The summed E-state index contributed by atoms with van der Waals surface area (Å²) in [6.45, 7) is 1.64. The van der Waals surface area contributed by atoms with Crippen LogP contribution in [0.2, 0.25) is 0 Å². The zero-order valence-corrected chi connectivity index (χ0v) is 18.6. The van der Waals surface area contributed by atoms with Crippen LogP contribution in [-0.4, -0.2) is 34.2 Å². The topological polar surface area (TPSA) is 75.7 Å². The van der Waals surface area contributed by atoms with Gasteiger partial charge in [-0.15, -0.1) is 0 Å². The van der Waals surface area contributed by atoms with Crippen LogP contribution < -0.4 is 14.4 Å². The summed E-state index contributed by atoms with van der Waals surface area (Å²) in [5.41, 5.74) is 3.27. The molecule has 7 heteroatoms. The van der Waals surface area contributed by atoms with Crippen molar-refractivity contribution < 1.29 is 17.9 Å². The zero-order valence-electron chi connectivity index (χ0n) is 17.8. The number of anilines is 1. The lowest BCUT2D eigenvalue weighted by Crippen LogP contribution is -2.41. The lowest BCUT2D eigenvalue weighted by Gasteiger charge is -2.25. The first-order chi connectivity index (χ1) is 14.8. The number of amides is 1. The van der Waals surface area contributed by atoms with Crippen LogP contribution in [0.4, 0.5) is 5.69 Å². The van der Waals surface area contributed by atoms with Gasteiger partial charge in [0, 0.05) is 6.07 Å². The number of rotatable bonds is 8. The maximum absolute atomic E-state index is 13.0. The highest BCUT2D eigenvalue weighted by Gasteiger charge is 2.24. The van der Waals surface area contributed by atoms with Crippen molar-refractivity contribution in [3.8, 4) is 5.75 Å². The van der Waals surface area contributed by atoms with E-state index >= 15 is 0 Å². The largest absolute Gasteiger partial charge is 0.497 e. The molecule has 0 aliphatic rings. The number of nitrogens with zero attached hydrogens (tertiary/aromatic N) is 1. The second kappa shape index (κ2) is 9.66. The summed E-state index contributed by atoms with van der Waals surface area (Å²) in [6, 6.07) is 23.7. The SMILES string of the molecule is COc1cccc(N(CC(=O)NC(c2ccccc2)c2cccc(C)c2)S(C)(=O)=O)c1. The van der Waals surface area contributed by atoms with Crippen LogP contribution in [0.1, 0.15) is 22.7 Å². The number of sulfonamides is 1. The molecule has 6 nitrogen and oxygen atoms in total. The molecule has 1 amide bonds. The number of nitrogens with one attached hydrogen (secondary N) is 1. The van der Waals surface area contributed by atoms with E-state index in [1.54, 1.807) is 24.3 Å². The van der Waals surface area contributed by atoms with Gasteiger partial charge in [-0.3, -0.25) is 9.10 Å². The van der Waals surface area contributed by atoms with Crippen LogP contribution in [0.5, 0.6) is 5.75 Å². The average molecular weight is 439 g/mol. The fourth-order valence-corrected chi connectivity index (χ4v) is 4.21. The Balaban J connectivity index is 1.89. The average Bonchev–Trinajstić information content (AvgIpc) is 2.75. The first kappa shape index (κ1) is 22.4. The molecule has 1 atom stereocenters. The van der Waals surface area contributed by atoms with Crippen molar-refractivity contribution in [3.05, 3.63) is 95.6 Å². The number of carbonyl (C=O) groups excluding carboxylic acids is 1. The van der Waals surface area contributed by atoms with Crippen molar-refractivity contribution in [1.29, 1.82) is 0 Å². The summed E-state index contributed by atoms with van der Waals surface area (Å²) in [5.74, 6) is 0.0945. The van der Waals surface area contributed by atoms with Crippen molar-refractivity contribution >= 4 is 21.6 Å². The van der Waals surface area contributed by atoms with Crippen molar-refractivity contribution in [2.24, 2.45) is 0 Å². The van der Waals surface area contributed by atoms with Crippen LogP contribution in [0.25, 0.3) is 0 Å². The molecule has 3 rings (SSSR count). The van der Waals surface area contributed by atoms with Gasteiger partial charge in [-0.05, 0) is 30.2 Å². The van der Waals surface area contributed by atoms with E-state index < -0.39 is 22.0 Å². The number of hydrogen-bond acceptors (Lipinski definition) is 4. The number of carbonyl (C=O) groups is 1. The number of ether oxygens (including phenoxy) is 1. The van der Waals surface area contributed by atoms with Gasteiger partial charge in [0.25, 0.3) is 0 Å². The third-order valence-electron chi connectivity index (χ3n) is 4.84. The molecule has 0 aliphatic carbocycles. The van der Waals surface area contributed by atoms with E-state index in [1.165, 1.54) is 7.11 Å². The standard InChI is InChI=1S/C24H26N2O4S/c1-18-9-7-12-20(15-18)24(19-10-5-4-6-11-19)25-23(27)17-26(31(3,28)29)21-13-8-14-22(16-21)30-2/h4-16,24H,17H2,1-3H3,(H,25,27). The molecule has 31 heavy (non-hydrogen) atoms. The van der Waals surface area contributed by atoms with E-state index in [2.05, 4.69) is 5.32 Å². The van der Waals surface area contributed by atoms with Crippen molar-refractivity contribution in [2.45, 2.75) is 13.0 Å². The number of benzene rings is 3. The van der Waals surface area contributed by atoms with E-state index in [0.717, 1.165) is 27.3 Å². The maximum Gasteiger partial charge on any atom is 0.241 e. The van der Waals surface area contributed by atoms with Gasteiger partial charge in [-0.25, -0.2) is 8.42 Å². The van der Waals surface area contributed by atoms with Gasteiger partial charge in [0.2, 0.25) is 15.9 Å². The molecular weight excluding hydrogens is 412 g/mol. The highest BCUT2D eigenvalue weighted by Crippen LogP contribution is 2.25. The van der Waals surface area contributed by atoms with Gasteiger partial charge >= 0.3 is 0 Å². The summed E-state index contributed by atoms with van der Waals surface area (Å²) in [7, 11) is -2.19. The van der Waals surface area contributed by atoms with E-state index in [9.17, 15) is 13.2 Å². The molecular formula is C24H26N2O4S. The van der Waals surface area contributed by atoms with E-state index in [1.807, 2.05) is 61.5 Å². The first-order valence-electron chi connectivity index (χ1n) is 9.80. The summed E-state index contributed by atoms with van der Waals surface area (Å²) >= 11 is 0. The van der Waals surface area contributed by atoms with Crippen LogP contribution in [0.3, 0.4) is 0 Å². The summed E-state index contributed by atoms with van der Waals surface area (Å²) in [4.78, 5) is 13.0. The minimum Gasteiger partial charge on any atom is -0.497 e. The van der Waals surface area contributed by atoms with Gasteiger partial charge in [0.15, 0.2) is 0 Å². The molecule has 0 saturated carbocycles. The molecule has 0 aliphatic heterocycles. The van der Waals surface area contributed by atoms with Crippen molar-refractivity contribution in [3.63, 3.8) is 0 Å². The summed E-state index contributed by atoms with van der Waals surface area (Å²) in [5, 5.41) is 3.00. The molecule has 3 aromatic carbocycles. The Hall–Kier alpha value is -3.32. The van der Waals surface area contributed by atoms with E-state index in [4.69, 9.17) is 4.74 Å². The minimum absolute atomic E-state index is 0.346. The predicted octanol–water partition coefficient (Wildman–Crippen LogP) is 3.68. The summed E-state index contributed by atoms with van der Waals surface area (Å²) in [6.07, 6.45) is 1.08. The van der Waals surface area contributed by atoms with Crippen LogP contribution >= 0.6 is 0 Å². The first-order valence-corrected chi connectivity index (χ1v) is 11.7. The molecule has 162 valence electrons. The molecule has 0 aromatic heterocycles. The monoisotopic (exact) mass is 438 g/mol. The van der Waals surface area contributed by atoms with Crippen LogP contribution in [0, 0.1) is 6.92 Å². The molecule has 0 bridgehead atoms. The van der Waals surface area contributed by atoms with Crippen LogP contribution in [0.15, 0.2) is 78.9 Å². The van der Waals surface area contributed by atoms with Gasteiger partial charge in [-0.2, -0.15) is 0 Å². The lowest BCUT2D eigenvalue weighted by molar-refractivity contribution is -0.120. The van der Waals surface area contributed by atoms with Crippen molar-refractivity contribution in [2.75, 3.05) is 24.2 Å². The Labute approximate surface area is 183 Å². The Bertz CT molecular complexity index is 1150. The third kappa shape index (κ3) is 5.86. The van der Waals surface area contributed by atoms with E-state index in [0.29, 0.717) is 11.4 Å². The molecule has 0 fully saturated rings. The molecule has 0 saturated heterocycles. The quantitative estimate of drug-likeness (QED) is 0.582.